The van der Waals surface area contributed by atoms with Gasteiger partial charge in [-0.1, -0.05) is 12.1 Å². The lowest BCUT2D eigenvalue weighted by Crippen LogP contribution is -2.38. The molecule has 1 aliphatic rings. The van der Waals surface area contributed by atoms with Crippen LogP contribution >= 0.6 is 0 Å². The highest BCUT2D eigenvalue weighted by Gasteiger charge is 2.37. The normalized spacial score (nSPS) is 18.5. The topological polar surface area (TPSA) is 194 Å². The van der Waals surface area contributed by atoms with E-state index in [2.05, 4.69) is 10.2 Å². The second-order valence-corrected chi connectivity index (χ2v) is 8.66. The van der Waals surface area contributed by atoms with Crippen LogP contribution in [0.15, 0.2) is 62.9 Å². The quantitative estimate of drug-likeness (QED) is 0.342. The number of allylic oxidation sites excluding steroid dienone is 3. The van der Waals surface area contributed by atoms with Gasteiger partial charge in [-0.25, -0.2) is 0 Å². The van der Waals surface area contributed by atoms with Crippen LogP contribution in [0.2, 0.25) is 0 Å². The Morgan fingerprint density at radius 1 is 1.00 bits per heavy atom. The Morgan fingerprint density at radius 2 is 1.62 bits per heavy atom. The first-order valence-electron chi connectivity index (χ1n) is 6.51. The zero-order valence-corrected chi connectivity index (χ0v) is 15.0. The number of benzene rings is 1. The Morgan fingerprint density at radius 3 is 2.15 bits per heavy atom. The highest BCUT2D eigenvalue weighted by molar-refractivity contribution is 7.89. The van der Waals surface area contributed by atoms with Gasteiger partial charge in [0.1, 0.15) is 21.1 Å². The second kappa shape index (κ2) is 7.08. The van der Waals surface area contributed by atoms with Crippen molar-refractivity contribution in [3.63, 3.8) is 0 Å². The molecule has 4 N–H and O–H groups in total. The zero-order valence-electron chi connectivity index (χ0n) is 12.6. The van der Waals surface area contributed by atoms with Crippen LogP contribution in [0.3, 0.4) is 0 Å². The molecule has 0 heterocycles. The molecular formula is C12H11N3O8S3. The Bertz CT molecular complexity index is 1180. The molecule has 14 heteroatoms. The Kier molecular flexibility index (Phi) is 5.43. The van der Waals surface area contributed by atoms with E-state index in [9.17, 15) is 29.8 Å². The van der Waals surface area contributed by atoms with Crippen molar-refractivity contribution in [2.24, 2.45) is 16.0 Å². The number of hydrogen-bond acceptors (Lipinski definition) is 9. The van der Waals surface area contributed by atoms with E-state index < -0.39 is 56.9 Å². The maximum atomic E-state index is 11.4. The number of rotatable bonds is 4. The van der Waals surface area contributed by atoms with Crippen LogP contribution in [0.5, 0.6) is 0 Å². The first-order chi connectivity index (χ1) is 11.9. The predicted octanol–water partition coefficient (Wildman–Crippen LogP) is 0.0650. The monoisotopic (exact) mass is 421 g/mol. The lowest BCUT2D eigenvalue weighted by atomic mass is 10.1. The molecule has 140 valence electrons. The summed E-state index contributed by atoms with van der Waals surface area (Å²) < 4.78 is 86.7. The highest BCUT2D eigenvalue weighted by atomic mass is 32.2. The molecule has 0 aliphatic heterocycles. The minimum atomic E-state index is -4.92. The van der Waals surface area contributed by atoms with Gasteiger partial charge in [-0.15, -0.1) is 10.2 Å². The molecule has 0 amide bonds. The maximum Gasteiger partial charge on any atom is 0.296 e. The van der Waals surface area contributed by atoms with E-state index in [1.165, 1.54) is 18.2 Å². The molecule has 1 aliphatic carbocycles. The van der Waals surface area contributed by atoms with E-state index in [1.54, 1.807) is 0 Å². The van der Waals surface area contributed by atoms with E-state index in [4.69, 9.17) is 10.3 Å². The summed E-state index contributed by atoms with van der Waals surface area (Å²) in [6.45, 7) is 0. The fourth-order valence-electron chi connectivity index (χ4n) is 2.06. The molecule has 0 fully saturated rings. The standard InChI is InChI=1S/C12H11N3O8S3/c13-7-5-6-9(11(24(16)17)12(7)26(21,22)23)15-14-8-3-1-2-4-10(8)25(18,19)20/h1-6,12H,13H2,(H,18,19,20)(H,21,22,23). The summed E-state index contributed by atoms with van der Waals surface area (Å²) in [6, 6.07) is 4.90. The third kappa shape index (κ3) is 4.23. The second-order valence-electron chi connectivity index (χ2n) is 4.86. The van der Waals surface area contributed by atoms with Crippen LogP contribution in [-0.4, -0.2) is 44.5 Å². The van der Waals surface area contributed by atoms with Crippen molar-refractivity contribution in [3.05, 3.63) is 47.8 Å². The van der Waals surface area contributed by atoms with Crippen LogP contribution in [0.1, 0.15) is 0 Å². The van der Waals surface area contributed by atoms with E-state index in [-0.39, 0.29) is 5.69 Å². The fraction of sp³-hybridized carbons (Fsp3) is 0.0833. The van der Waals surface area contributed by atoms with Gasteiger partial charge in [0.05, 0.1) is 0 Å². The van der Waals surface area contributed by atoms with Crippen LogP contribution < -0.4 is 5.73 Å². The molecule has 11 nitrogen and oxygen atoms in total. The molecular weight excluding hydrogens is 410 g/mol. The van der Waals surface area contributed by atoms with Gasteiger partial charge < -0.3 is 5.73 Å². The third-order valence-corrected chi connectivity index (χ3v) is 6.07. The minimum Gasteiger partial charge on any atom is -0.401 e. The summed E-state index contributed by atoms with van der Waals surface area (Å²) in [4.78, 5) is -1.45. The van der Waals surface area contributed by atoms with Crippen molar-refractivity contribution in [1.29, 1.82) is 0 Å². The predicted molar refractivity (Wildman–Crippen MR) is 90.4 cm³/mol. The average Bonchev–Trinajstić information content (AvgIpc) is 2.51. The molecule has 1 atom stereocenters. The summed E-state index contributed by atoms with van der Waals surface area (Å²) in [7, 11) is -12.7. The zero-order chi connectivity index (χ0) is 19.7. The van der Waals surface area contributed by atoms with Gasteiger partial charge in [0.25, 0.3) is 20.2 Å². The van der Waals surface area contributed by atoms with Crippen molar-refractivity contribution >= 4 is 41.1 Å². The van der Waals surface area contributed by atoms with Gasteiger partial charge in [0, 0.05) is 5.70 Å². The molecule has 0 spiro atoms. The highest BCUT2D eigenvalue weighted by Crippen LogP contribution is 2.26. The molecule has 0 radical (unpaired) electrons. The van der Waals surface area contributed by atoms with E-state index in [1.807, 2.05) is 0 Å². The summed E-state index contributed by atoms with van der Waals surface area (Å²) in [5.41, 5.74) is 4.18. The van der Waals surface area contributed by atoms with Crippen molar-refractivity contribution in [2.45, 2.75) is 10.1 Å². The first kappa shape index (κ1) is 19.9. The smallest absolute Gasteiger partial charge is 0.296 e. The van der Waals surface area contributed by atoms with Crippen molar-refractivity contribution in [2.75, 3.05) is 0 Å². The lowest BCUT2D eigenvalue weighted by molar-refractivity contribution is 0.479. The number of hydrogen-bond donors (Lipinski definition) is 3. The third-order valence-electron chi connectivity index (χ3n) is 3.11. The molecule has 0 saturated heterocycles. The molecule has 1 unspecified atom stereocenters. The van der Waals surface area contributed by atoms with Crippen LogP contribution in [0, 0.1) is 0 Å². The summed E-state index contributed by atoms with van der Waals surface area (Å²) >= 11 is 0. The van der Waals surface area contributed by atoms with Gasteiger partial charge in [0.15, 0.2) is 5.25 Å². The van der Waals surface area contributed by atoms with E-state index >= 15 is 0 Å². The number of nitrogens with zero attached hydrogens (tertiary/aromatic N) is 2. The average molecular weight is 421 g/mol. The van der Waals surface area contributed by atoms with Gasteiger partial charge in [-0.3, -0.25) is 9.11 Å². The first-order valence-corrected chi connectivity index (χ1v) is 10.5. The Labute approximate surface area is 149 Å². The molecule has 0 bridgehead atoms. The summed E-state index contributed by atoms with van der Waals surface area (Å²) in [5, 5.41) is 5.01. The largest absolute Gasteiger partial charge is 0.401 e. The summed E-state index contributed by atoms with van der Waals surface area (Å²) in [6.07, 6.45) is 2.04. The Balaban J connectivity index is 2.61. The minimum absolute atomic E-state index is 0.321. The molecule has 1 aromatic carbocycles. The summed E-state index contributed by atoms with van der Waals surface area (Å²) in [5.74, 6) is 0. The van der Waals surface area contributed by atoms with E-state index in [0.29, 0.717) is 0 Å². The van der Waals surface area contributed by atoms with Gasteiger partial charge in [-0.2, -0.15) is 25.3 Å². The fourth-order valence-corrected chi connectivity index (χ4v) is 4.69. The van der Waals surface area contributed by atoms with Gasteiger partial charge in [-0.05, 0) is 24.3 Å². The van der Waals surface area contributed by atoms with Crippen LogP contribution in [-0.2, 0) is 30.5 Å². The van der Waals surface area contributed by atoms with Crippen molar-refractivity contribution in [1.82, 2.24) is 0 Å². The molecule has 0 aromatic heterocycles. The molecule has 0 saturated carbocycles. The van der Waals surface area contributed by atoms with Crippen molar-refractivity contribution < 1.29 is 34.4 Å². The van der Waals surface area contributed by atoms with E-state index in [0.717, 1.165) is 18.2 Å². The van der Waals surface area contributed by atoms with Crippen LogP contribution in [0.25, 0.3) is 0 Å². The van der Waals surface area contributed by atoms with Gasteiger partial charge >= 0.3 is 0 Å². The van der Waals surface area contributed by atoms with Gasteiger partial charge in [0.2, 0.25) is 10.3 Å². The van der Waals surface area contributed by atoms with Crippen LogP contribution in [0.4, 0.5) is 5.69 Å². The molecule has 2 rings (SSSR count). The maximum absolute atomic E-state index is 11.4. The number of azo groups is 1. The molecule has 1 aromatic rings. The Hall–Kier alpha value is -2.39. The lowest BCUT2D eigenvalue weighted by Gasteiger charge is -2.17. The van der Waals surface area contributed by atoms with Crippen molar-refractivity contribution in [3.8, 4) is 0 Å². The number of nitrogens with two attached hydrogens (primary N) is 1. The SMILES string of the molecule is NC1=CC=C(N=Nc2ccccc2S(=O)(=O)O)C(=S(=O)=O)C1S(=O)(=O)O. The molecule has 26 heavy (non-hydrogen) atoms.